The van der Waals surface area contributed by atoms with Crippen LogP contribution in [-0.4, -0.2) is 18.4 Å². The van der Waals surface area contributed by atoms with E-state index in [1.807, 2.05) is 7.05 Å². The van der Waals surface area contributed by atoms with E-state index < -0.39 is 0 Å². The lowest BCUT2D eigenvalue weighted by Crippen LogP contribution is -2.34. The fourth-order valence-corrected chi connectivity index (χ4v) is 1.11. The molecule has 0 spiro atoms. The summed E-state index contributed by atoms with van der Waals surface area (Å²) in [6.07, 6.45) is 2.32. The molecule has 1 rings (SSSR count). The molecule has 52 valence electrons. The van der Waals surface area contributed by atoms with Gasteiger partial charge in [-0.2, -0.15) is 0 Å². The van der Waals surface area contributed by atoms with Gasteiger partial charge in [0.2, 0.25) is 0 Å². The second-order valence-corrected chi connectivity index (χ2v) is 3.18. The van der Waals surface area contributed by atoms with Crippen molar-refractivity contribution in [2.75, 3.05) is 7.05 Å². The smallest absolute Gasteiger partial charge is 0.0964 e. The first-order chi connectivity index (χ1) is 4.14. The number of rotatable bonds is 0. The zero-order chi connectivity index (χ0) is 6.91. The molecule has 0 aromatic rings. The summed E-state index contributed by atoms with van der Waals surface area (Å²) in [5.41, 5.74) is 0.287. The first kappa shape index (κ1) is 6.59. The van der Waals surface area contributed by atoms with Gasteiger partial charge in [-0.05, 0) is 20.3 Å². The van der Waals surface area contributed by atoms with Crippen molar-refractivity contribution in [3.05, 3.63) is 0 Å². The summed E-state index contributed by atoms with van der Waals surface area (Å²) in [6, 6.07) is 0. The van der Waals surface area contributed by atoms with Crippen molar-refractivity contribution < 1.29 is 0 Å². The molecule has 9 heavy (non-hydrogen) atoms. The second kappa shape index (κ2) is 2.01. The Hall–Kier alpha value is -0.530. The maximum atomic E-state index is 4.09. The van der Waals surface area contributed by atoms with E-state index in [-0.39, 0.29) is 5.54 Å². The summed E-state index contributed by atoms with van der Waals surface area (Å²) in [5, 5.41) is 3.33. The van der Waals surface area contributed by atoms with Gasteiger partial charge < -0.3 is 5.32 Å². The summed E-state index contributed by atoms with van der Waals surface area (Å²) in [5.74, 6) is 1.15. The minimum Gasteiger partial charge on any atom is -0.369 e. The molecule has 1 heterocycles. The Labute approximate surface area is 56.4 Å². The van der Waals surface area contributed by atoms with Crippen LogP contribution in [0.15, 0.2) is 4.99 Å². The number of amidine groups is 1. The first-order valence-electron chi connectivity index (χ1n) is 3.38. The minimum absolute atomic E-state index is 0.287. The molecule has 1 N–H and O–H groups in total. The lowest BCUT2D eigenvalue weighted by Gasteiger charge is -2.16. The molecule has 0 aromatic heterocycles. The van der Waals surface area contributed by atoms with Gasteiger partial charge in [0.1, 0.15) is 0 Å². The van der Waals surface area contributed by atoms with Crippen molar-refractivity contribution in [3.8, 4) is 0 Å². The predicted molar refractivity (Wildman–Crippen MR) is 39.8 cm³/mol. The van der Waals surface area contributed by atoms with Crippen LogP contribution in [-0.2, 0) is 0 Å². The number of hydrogen-bond donors (Lipinski definition) is 1. The standard InChI is InChI=1S/C7H14N2/c1-7(2)5-4-6(8-3)9-7/h4-5H2,1-3H3,(H,8,9). The van der Waals surface area contributed by atoms with Crippen LogP contribution in [0.25, 0.3) is 0 Å². The van der Waals surface area contributed by atoms with Gasteiger partial charge in [-0.15, -0.1) is 0 Å². The molecule has 1 aliphatic rings. The molecular weight excluding hydrogens is 112 g/mol. The summed E-state index contributed by atoms with van der Waals surface area (Å²) in [7, 11) is 1.84. The molecule has 1 saturated heterocycles. The average Bonchev–Trinajstić information content (AvgIpc) is 2.10. The van der Waals surface area contributed by atoms with Crippen LogP contribution in [0.4, 0.5) is 0 Å². The highest BCUT2D eigenvalue weighted by molar-refractivity contribution is 5.84. The Bertz CT molecular complexity index is 136. The molecule has 0 amide bonds. The molecule has 1 fully saturated rings. The van der Waals surface area contributed by atoms with Crippen molar-refractivity contribution >= 4 is 5.84 Å². The van der Waals surface area contributed by atoms with Crippen LogP contribution in [0.5, 0.6) is 0 Å². The van der Waals surface area contributed by atoms with Gasteiger partial charge in [-0.3, -0.25) is 4.99 Å². The fraction of sp³-hybridized carbons (Fsp3) is 0.857. The first-order valence-corrected chi connectivity index (χ1v) is 3.38. The van der Waals surface area contributed by atoms with Crippen LogP contribution in [0.3, 0.4) is 0 Å². The molecular formula is C7H14N2. The van der Waals surface area contributed by atoms with Crippen molar-refractivity contribution in [2.24, 2.45) is 4.99 Å². The third kappa shape index (κ3) is 1.44. The van der Waals surface area contributed by atoms with Crippen LogP contribution in [0.2, 0.25) is 0 Å². The van der Waals surface area contributed by atoms with Gasteiger partial charge in [0.15, 0.2) is 0 Å². The second-order valence-electron chi connectivity index (χ2n) is 3.18. The van der Waals surface area contributed by atoms with E-state index in [2.05, 4.69) is 24.2 Å². The largest absolute Gasteiger partial charge is 0.369 e. The van der Waals surface area contributed by atoms with E-state index in [1.165, 1.54) is 6.42 Å². The molecule has 2 nitrogen and oxygen atoms in total. The van der Waals surface area contributed by atoms with Crippen molar-refractivity contribution in [1.29, 1.82) is 0 Å². The molecule has 1 aliphatic heterocycles. The topological polar surface area (TPSA) is 24.4 Å². The van der Waals surface area contributed by atoms with Crippen molar-refractivity contribution in [3.63, 3.8) is 0 Å². The molecule has 0 aromatic carbocycles. The van der Waals surface area contributed by atoms with Crippen LogP contribution < -0.4 is 5.32 Å². The minimum atomic E-state index is 0.287. The third-order valence-electron chi connectivity index (χ3n) is 1.74. The Morgan fingerprint density at radius 2 is 2.22 bits per heavy atom. The molecule has 0 unspecified atom stereocenters. The zero-order valence-electron chi connectivity index (χ0n) is 6.36. The Morgan fingerprint density at radius 1 is 1.56 bits per heavy atom. The summed E-state index contributed by atoms with van der Waals surface area (Å²) >= 11 is 0. The third-order valence-corrected chi connectivity index (χ3v) is 1.74. The van der Waals surface area contributed by atoms with E-state index in [9.17, 15) is 0 Å². The van der Waals surface area contributed by atoms with Crippen LogP contribution in [0, 0.1) is 0 Å². The molecule has 0 bridgehead atoms. The molecule has 0 saturated carbocycles. The van der Waals surface area contributed by atoms with E-state index in [4.69, 9.17) is 0 Å². The van der Waals surface area contributed by atoms with Gasteiger partial charge >= 0.3 is 0 Å². The monoisotopic (exact) mass is 126 g/mol. The normalized spacial score (nSPS) is 28.6. The van der Waals surface area contributed by atoms with Crippen LogP contribution in [0.1, 0.15) is 26.7 Å². The summed E-state index contributed by atoms with van der Waals surface area (Å²) in [4.78, 5) is 4.09. The summed E-state index contributed by atoms with van der Waals surface area (Å²) in [6.45, 7) is 4.40. The summed E-state index contributed by atoms with van der Waals surface area (Å²) < 4.78 is 0. The van der Waals surface area contributed by atoms with E-state index >= 15 is 0 Å². The highest BCUT2D eigenvalue weighted by Gasteiger charge is 2.25. The molecule has 0 radical (unpaired) electrons. The predicted octanol–water partition coefficient (Wildman–Crippen LogP) is 1.18. The number of aliphatic imine (C=N–C) groups is 1. The van der Waals surface area contributed by atoms with E-state index in [1.54, 1.807) is 0 Å². The quantitative estimate of drug-likeness (QED) is 0.518. The average molecular weight is 126 g/mol. The van der Waals surface area contributed by atoms with Gasteiger partial charge in [-0.1, -0.05) is 0 Å². The fourth-order valence-electron chi connectivity index (χ4n) is 1.11. The number of nitrogens with zero attached hydrogens (tertiary/aromatic N) is 1. The molecule has 2 heteroatoms. The van der Waals surface area contributed by atoms with E-state index in [0.717, 1.165) is 12.3 Å². The van der Waals surface area contributed by atoms with Crippen LogP contribution >= 0.6 is 0 Å². The van der Waals surface area contributed by atoms with Crippen molar-refractivity contribution in [1.82, 2.24) is 5.32 Å². The maximum absolute atomic E-state index is 4.09. The SMILES string of the molecule is CN=C1CCC(C)(C)N1. The Kier molecular flexibility index (Phi) is 1.47. The van der Waals surface area contributed by atoms with Gasteiger partial charge in [-0.25, -0.2) is 0 Å². The Balaban J connectivity index is 2.57. The lowest BCUT2D eigenvalue weighted by molar-refractivity contribution is 0.479. The highest BCUT2D eigenvalue weighted by atomic mass is 15.1. The molecule has 0 aliphatic carbocycles. The highest BCUT2D eigenvalue weighted by Crippen LogP contribution is 2.18. The van der Waals surface area contributed by atoms with Crippen molar-refractivity contribution in [2.45, 2.75) is 32.2 Å². The van der Waals surface area contributed by atoms with E-state index in [0.29, 0.717) is 0 Å². The maximum Gasteiger partial charge on any atom is 0.0964 e. The zero-order valence-corrected chi connectivity index (χ0v) is 6.36. The van der Waals surface area contributed by atoms with Gasteiger partial charge in [0.25, 0.3) is 0 Å². The van der Waals surface area contributed by atoms with Gasteiger partial charge in [0, 0.05) is 19.0 Å². The molecule has 0 atom stereocenters. The number of nitrogens with one attached hydrogen (secondary N) is 1. The number of hydrogen-bond acceptors (Lipinski definition) is 1. The van der Waals surface area contributed by atoms with Gasteiger partial charge in [0.05, 0.1) is 5.84 Å². The Morgan fingerprint density at radius 3 is 2.44 bits per heavy atom. The lowest BCUT2D eigenvalue weighted by atomic mass is 10.0.